The number of oxazole rings is 1. The fourth-order valence-electron chi connectivity index (χ4n) is 1.51. The molecular formula is C12H10N4OS. The summed E-state index contributed by atoms with van der Waals surface area (Å²) in [6.07, 6.45) is 0. The maximum atomic E-state index is 5.65. The summed E-state index contributed by atoms with van der Waals surface area (Å²) in [5.41, 5.74) is 13.3. The quantitative estimate of drug-likeness (QED) is 0.734. The Kier molecular flexibility index (Phi) is 2.56. The van der Waals surface area contributed by atoms with Gasteiger partial charge in [0.2, 0.25) is 0 Å². The molecule has 0 bridgehead atoms. The summed E-state index contributed by atoms with van der Waals surface area (Å²) in [5.74, 6) is 0.316. The summed E-state index contributed by atoms with van der Waals surface area (Å²) in [5, 5.41) is 1.24. The second-order valence-electron chi connectivity index (χ2n) is 3.67. The first kappa shape index (κ1) is 10.9. The van der Waals surface area contributed by atoms with Crippen LogP contribution in [0.25, 0.3) is 11.1 Å². The monoisotopic (exact) mass is 258 g/mol. The fraction of sp³-hybridized carbons (Fsp3) is 0. The summed E-state index contributed by atoms with van der Waals surface area (Å²) in [6, 6.07) is 11.1. The van der Waals surface area contributed by atoms with Gasteiger partial charge in [-0.25, -0.2) is 9.97 Å². The summed E-state index contributed by atoms with van der Waals surface area (Å²) in [7, 11) is 0. The Labute approximate surface area is 107 Å². The lowest BCUT2D eigenvalue weighted by molar-refractivity contribution is 0.489. The fourth-order valence-corrected chi connectivity index (χ4v) is 2.24. The number of hydrogen-bond donors (Lipinski definition) is 2. The highest BCUT2D eigenvalue weighted by Gasteiger charge is 2.08. The normalized spacial score (nSPS) is 10.9. The van der Waals surface area contributed by atoms with Gasteiger partial charge < -0.3 is 15.9 Å². The number of anilines is 2. The number of pyridine rings is 1. The van der Waals surface area contributed by atoms with Gasteiger partial charge in [0.1, 0.15) is 16.4 Å². The van der Waals surface area contributed by atoms with E-state index < -0.39 is 0 Å². The molecule has 5 nitrogen and oxygen atoms in total. The van der Waals surface area contributed by atoms with E-state index in [9.17, 15) is 0 Å². The number of nitrogen functional groups attached to an aromatic ring is 2. The zero-order valence-corrected chi connectivity index (χ0v) is 10.1. The highest BCUT2D eigenvalue weighted by Crippen LogP contribution is 2.29. The maximum absolute atomic E-state index is 5.65. The van der Waals surface area contributed by atoms with Crippen LogP contribution in [-0.4, -0.2) is 9.97 Å². The Morgan fingerprint density at radius 2 is 1.83 bits per heavy atom. The van der Waals surface area contributed by atoms with Crippen LogP contribution in [0.3, 0.4) is 0 Å². The Morgan fingerprint density at radius 3 is 2.61 bits per heavy atom. The van der Waals surface area contributed by atoms with E-state index in [1.165, 1.54) is 11.8 Å². The minimum atomic E-state index is 0.316. The molecule has 0 radical (unpaired) electrons. The van der Waals surface area contributed by atoms with Crippen LogP contribution >= 0.6 is 11.8 Å². The van der Waals surface area contributed by atoms with Crippen LogP contribution in [0.1, 0.15) is 0 Å². The first-order valence-electron chi connectivity index (χ1n) is 5.28. The van der Waals surface area contributed by atoms with Crippen molar-refractivity contribution in [3.8, 4) is 0 Å². The zero-order chi connectivity index (χ0) is 12.5. The summed E-state index contributed by atoms with van der Waals surface area (Å²) < 4.78 is 5.58. The summed E-state index contributed by atoms with van der Waals surface area (Å²) in [4.78, 5) is 8.50. The lowest BCUT2D eigenvalue weighted by atomic mass is 10.3. The molecule has 1 aromatic carbocycles. The molecular weight excluding hydrogens is 248 g/mol. The molecule has 6 heteroatoms. The van der Waals surface area contributed by atoms with Gasteiger partial charge in [-0.15, -0.1) is 0 Å². The standard InChI is InChI=1S/C12H10N4OS/c13-7-5-6-10(16-11(7)14)18-12-15-8-3-1-2-4-9(8)17-12/h1-6H,13H2,(H2,14,16). The Hall–Kier alpha value is -2.21. The van der Waals surface area contributed by atoms with Crippen LogP contribution in [0.5, 0.6) is 0 Å². The van der Waals surface area contributed by atoms with Crippen LogP contribution in [0, 0.1) is 0 Å². The van der Waals surface area contributed by atoms with Crippen LogP contribution in [0.2, 0.25) is 0 Å². The summed E-state index contributed by atoms with van der Waals surface area (Å²) in [6.45, 7) is 0. The van der Waals surface area contributed by atoms with Gasteiger partial charge in [-0.3, -0.25) is 0 Å². The SMILES string of the molecule is Nc1ccc(Sc2nc3ccccc3o2)nc1N. The lowest BCUT2D eigenvalue weighted by Crippen LogP contribution is -1.97. The highest BCUT2D eigenvalue weighted by molar-refractivity contribution is 7.99. The second-order valence-corrected chi connectivity index (χ2v) is 4.65. The maximum Gasteiger partial charge on any atom is 0.263 e. The molecule has 0 unspecified atom stereocenters. The molecule has 4 N–H and O–H groups in total. The number of nitrogens with two attached hydrogens (primary N) is 2. The number of para-hydroxylation sites is 2. The molecule has 18 heavy (non-hydrogen) atoms. The van der Waals surface area contributed by atoms with Gasteiger partial charge in [0.15, 0.2) is 5.58 Å². The molecule has 0 saturated carbocycles. The predicted octanol–water partition coefficient (Wildman–Crippen LogP) is 2.54. The van der Waals surface area contributed by atoms with Crippen molar-refractivity contribution in [2.45, 2.75) is 10.2 Å². The van der Waals surface area contributed by atoms with Gasteiger partial charge in [0.25, 0.3) is 5.22 Å². The van der Waals surface area contributed by atoms with Crippen molar-refractivity contribution in [3.63, 3.8) is 0 Å². The first-order chi connectivity index (χ1) is 8.72. The lowest BCUT2D eigenvalue weighted by Gasteiger charge is -2.00. The smallest absolute Gasteiger partial charge is 0.263 e. The van der Waals surface area contributed by atoms with Gasteiger partial charge in [0, 0.05) is 0 Å². The van der Waals surface area contributed by atoms with Crippen LogP contribution in [-0.2, 0) is 0 Å². The minimum absolute atomic E-state index is 0.316. The number of benzene rings is 1. The number of fused-ring (bicyclic) bond motifs is 1. The third-order valence-electron chi connectivity index (χ3n) is 2.40. The molecule has 3 aromatic rings. The highest BCUT2D eigenvalue weighted by atomic mass is 32.2. The van der Waals surface area contributed by atoms with E-state index in [-0.39, 0.29) is 0 Å². The molecule has 0 aliphatic heterocycles. The van der Waals surface area contributed by atoms with Gasteiger partial charge >= 0.3 is 0 Å². The van der Waals surface area contributed by atoms with Crippen molar-refractivity contribution in [1.29, 1.82) is 0 Å². The molecule has 2 heterocycles. The van der Waals surface area contributed by atoms with E-state index in [0.717, 1.165) is 11.1 Å². The van der Waals surface area contributed by atoms with Crippen molar-refractivity contribution >= 4 is 34.4 Å². The van der Waals surface area contributed by atoms with E-state index in [2.05, 4.69) is 9.97 Å². The molecule has 0 fully saturated rings. The molecule has 2 aromatic heterocycles. The Balaban J connectivity index is 1.93. The van der Waals surface area contributed by atoms with Crippen molar-refractivity contribution in [3.05, 3.63) is 36.4 Å². The van der Waals surface area contributed by atoms with Crippen molar-refractivity contribution in [2.75, 3.05) is 11.5 Å². The number of hydrogen-bond acceptors (Lipinski definition) is 6. The van der Waals surface area contributed by atoms with Gasteiger partial charge in [-0.05, 0) is 36.0 Å². The number of aromatic nitrogens is 2. The van der Waals surface area contributed by atoms with Crippen molar-refractivity contribution in [1.82, 2.24) is 9.97 Å². The third kappa shape index (κ3) is 1.98. The van der Waals surface area contributed by atoms with Crippen molar-refractivity contribution in [2.24, 2.45) is 0 Å². The second kappa shape index (κ2) is 4.23. The first-order valence-corrected chi connectivity index (χ1v) is 6.09. The molecule has 0 amide bonds. The minimum Gasteiger partial charge on any atom is -0.431 e. The van der Waals surface area contributed by atoms with Gasteiger partial charge in [0.05, 0.1) is 5.69 Å². The molecule has 0 atom stereocenters. The summed E-state index contributed by atoms with van der Waals surface area (Å²) >= 11 is 1.31. The van der Waals surface area contributed by atoms with Crippen LogP contribution in [0.4, 0.5) is 11.5 Å². The van der Waals surface area contributed by atoms with E-state index in [1.807, 2.05) is 24.3 Å². The Bertz CT molecular complexity index is 677. The number of rotatable bonds is 2. The molecule has 0 aliphatic carbocycles. The van der Waals surface area contributed by atoms with E-state index in [0.29, 0.717) is 21.8 Å². The van der Waals surface area contributed by atoms with Gasteiger partial charge in [-0.1, -0.05) is 12.1 Å². The topological polar surface area (TPSA) is 91.0 Å². The average molecular weight is 258 g/mol. The predicted molar refractivity (Wildman–Crippen MR) is 71.2 cm³/mol. The molecule has 3 rings (SSSR count). The van der Waals surface area contributed by atoms with E-state index in [1.54, 1.807) is 12.1 Å². The molecule has 0 spiro atoms. The molecule has 0 aliphatic rings. The largest absolute Gasteiger partial charge is 0.431 e. The molecule has 90 valence electrons. The van der Waals surface area contributed by atoms with E-state index >= 15 is 0 Å². The molecule has 0 saturated heterocycles. The Morgan fingerprint density at radius 1 is 1.00 bits per heavy atom. The zero-order valence-electron chi connectivity index (χ0n) is 9.33. The van der Waals surface area contributed by atoms with E-state index in [4.69, 9.17) is 15.9 Å². The van der Waals surface area contributed by atoms with Crippen LogP contribution in [0.15, 0.2) is 51.1 Å². The van der Waals surface area contributed by atoms with Crippen LogP contribution < -0.4 is 11.5 Å². The average Bonchev–Trinajstić information content (AvgIpc) is 2.76. The third-order valence-corrected chi connectivity index (χ3v) is 3.18. The number of nitrogens with zero attached hydrogens (tertiary/aromatic N) is 2. The van der Waals surface area contributed by atoms with Gasteiger partial charge in [-0.2, -0.15) is 0 Å². The van der Waals surface area contributed by atoms with Crippen molar-refractivity contribution < 1.29 is 4.42 Å².